The third-order valence-electron chi connectivity index (χ3n) is 21.9. The highest BCUT2D eigenvalue weighted by Gasteiger charge is 2.53. The molecule has 0 bridgehead atoms. The third-order valence-corrected chi connectivity index (χ3v) is 21.9. The van der Waals surface area contributed by atoms with E-state index in [1.165, 1.54) is 61.8 Å². The van der Waals surface area contributed by atoms with E-state index in [2.05, 4.69) is 16.0 Å². The first-order valence-corrected chi connectivity index (χ1v) is 36.1. The van der Waals surface area contributed by atoms with Crippen LogP contribution in [-0.2, 0) is 82.7 Å². The number of alkyl halides is 6. The zero-order valence-corrected chi connectivity index (χ0v) is 61.8. The van der Waals surface area contributed by atoms with E-state index in [0.717, 1.165) is 70.2 Å². The van der Waals surface area contributed by atoms with Crippen molar-refractivity contribution in [1.29, 1.82) is 0 Å². The zero-order valence-electron chi connectivity index (χ0n) is 61.8. The van der Waals surface area contributed by atoms with Crippen molar-refractivity contribution in [2.24, 2.45) is 17.8 Å². The van der Waals surface area contributed by atoms with Gasteiger partial charge in [-0.2, -0.15) is 26.3 Å². The fourth-order valence-electron chi connectivity index (χ4n) is 15.0. The number of fused-ring (bicyclic) bond motifs is 2. The van der Waals surface area contributed by atoms with Crippen molar-refractivity contribution in [3.05, 3.63) is 70.3 Å². The van der Waals surface area contributed by atoms with Gasteiger partial charge in [0.25, 0.3) is 0 Å². The summed E-state index contributed by atoms with van der Waals surface area (Å²) in [6, 6.07) is -7.22. The number of amides is 11. The van der Waals surface area contributed by atoms with Gasteiger partial charge in [0.1, 0.15) is 71.1 Å². The number of nitrogens with one attached hydrogen (secondary N) is 3. The molecule has 2 saturated carbocycles. The first kappa shape index (κ1) is 83.3. The SMILES string of the molecule is CCO[C@@H]1C[C@H]2C(=O)NC3(CCCC3)C(=O)N(C)[C@@H](C3CCCCC3)C(=O)N(C)[C@H](C)CC(=O)N(C)[C@@H](CC(C)C)C(=O)N[C@@H]([C@@H](C)CC)C(=O)N(C)[C@@H](C)C(=O)N3CC[C@H]3C(=O)N(C)[C@@H](Cc3ccc(C(F)(F)F)cc3)C(=O)N(C)CC(=O)N[C@@H](CCc3cc(F)c(C(F)(F)F)c(F)c3)C(=O)N2C1. The van der Waals surface area contributed by atoms with Crippen molar-refractivity contribution in [1.82, 2.24) is 55.1 Å². The van der Waals surface area contributed by atoms with Gasteiger partial charge >= 0.3 is 12.4 Å². The van der Waals surface area contributed by atoms with Gasteiger partial charge in [-0.05, 0) is 125 Å². The smallest absolute Gasteiger partial charge is 0.377 e. The van der Waals surface area contributed by atoms with Crippen LogP contribution in [0.4, 0.5) is 35.1 Å². The molecule has 2 aliphatic carbocycles. The van der Waals surface area contributed by atoms with E-state index < -0.39 is 198 Å². The van der Waals surface area contributed by atoms with Crippen LogP contribution in [0.25, 0.3) is 0 Å². The molecule has 7 rings (SSSR count). The fraction of sp³-hybridized carbons (Fsp3) is 0.685. The van der Waals surface area contributed by atoms with Crippen molar-refractivity contribution in [2.75, 3.05) is 68.5 Å². The Morgan fingerprint density at radius 3 is 1.79 bits per heavy atom. The van der Waals surface area contributed by atoms with Crippen molar-refractivity contribution >= 4 is 65.0 Å². The monoisotopic (exact) mass is 1480 g/mol. The molecular formula is C73H103F8N11O12. The molecule has 104 heavy (non-hydrogen) atoms. The van der Waals surface area contributed by atoms with Gasteiger partial charge in [-0.25, -0.2) is 8.78 Å². The maximum atomic E-state index is 15.6. The number of hydrogen-bond acceptors (Lipinski definition) is 12. The summed E-state index contributed by atoms with van der Waals surface area (Å²) in [5.74, 6) is -13.4. The molecule has 11 amide bonds. The van der Waals surface area contributed by atoms with Gasteiger partial charge in [0, 0.05) is 87.3 Å². The molecule has 3 heterocycles. The lowest BCUT2D eigenvalue weighted by atomic mass is 9.81. The molecule has 23 nitrogen and oxygen atoms in total. The first-order chi connectivity index (χ1) is 48.7. The molecular weight excluding hydrogens is 1370 g/mol. The number of ether oxygens (including phenoxy) is 1. The molecule has 5 aliphatic rings. The molecule has 5 fully saturated rings. The van der Waals surface area contributed by atoms with Gasteiger partial charge < -0.3 is 59.9 Å². The van der Waals surface area contributed by atoms with Gasteiger partial charge in [-0.15, -0.1) is 0 Å². The van der Waals surface area contributed by atoms with Gasteiger partial charge in [0.15, 0.2) is 0 Å². The summed E-state index contributed by atoms with van der Waals surface area (Å²) >= 11 is 0. The van der Waals surface area contributed by atoms with Crippen molar-refractivity contribution in [3.63, 3.8) is 0 Å². The Morgan fingerprint density at radius 2 is 1.24 bits per heavy atom. The molecule has 1 spiro atoms. The topological polar surface area (TPSA) is 259 Å². The number of benzene rings is 2. The highest BCUT2D eigenvalue weighted by atomic mass is 19.4. The first-order valence-electron chi connectivity index (χ1n) is 36.1. The zero-order chi connectivity index (χ0) is 77.4. The van der Waals surface area contributed by atoms with Crippen LogP contribution < -0.4 is 16.0 Å². The van der Waals surface area contributed by atoms with Gasteiger partial charge in [0.05, 0.1) is 18.2 Å². The third kappa shape index (κ3) is 19.4. The van der Waals surface area contributed by atoms with Crippen LogP contribution in [0.2, 0.25) is 0 Å². The predicted molar refractivity (Wildman–Crippen MR) is 366 cm³/mol. The second-order valence-corrected chi connectivity index (χ2v) is 29.5. The Balaban J connectivity index is 1.32. The number of aryl methyl sites for hydroxylation is 1. The highest BCUT2D eigenvalue weighted by molar-refractivity contribution is 6.00. The summed E-state index contributed by atoms with van der Waals surface area (Å²) in [6.07, 6.45) is -8.04. The van der Waals surface area contributed by atoms with E-state index in [4.69, 9.17) is 4.74 Å². The number of rotatable bonds is 12. The van der Waals surface area contributed by atoms with Gasteiger partial charge in [-0.1, -0.05) is 78.4 Å². The minimum absolute atomic E-state index is 0.00521. The number of hydrogen-bond donors (Lipinski definition) is 3. The van der Waals surface area contributed by atoms with E-state index in [1.54, 1.807) is 27.7 Å². The molecule has 0 radical (unpaired) electrons. The standard InChI is InChI=1S/C73H103F8N11O12/c1-14-42(5)60-68(101)87(10)44(7)64(97)91-32-29-53(91)67(100)89(12)56(37-45-23-26-48(27-24-45)72(76,77)78)66(99)85(8)40-57(93)82-52(28-25-46-35-50(74)59(51(75)36-46)73(79,80)81)65(98)92-39-49(104-15-2)38-55(92)63(96)84-71(30-19-20-31-71)70(103)90(13)61(47-21-17-16-18-22-47)69(102)86(9)43(6)34-58(94)88(11)54(33-41(3)4)62(95)83-60/h23-24,26-27,35-36,41-44,47,49,52-56,60-61H,14-22,25,28-34,37-40H2,1-13H3,(H,82,93)(H,83,95)(H,84,96)/t42-,43+,44-,49+,52-,53-,54-,55-,56-,60-,61-/m0/s1. The predicted octanol–water partition coefficient (Wildman–Crippen LogP) is 6.89. The van der Waals surface area contributed by atoms with Crippen molar-refractivity contribution < 1.29 is 92.6 Å². The van der Waals surface area contributed by atoms with Crippen molar-refractivity contribution in [2.45, 2.75) is 236 Å². The van der Waals surface area contributed by atoms with Crippen LogP contribution >= 0.6 is 0 Å². The van der Waals surface area contributed by atoms with Crippen LogP contribution in [-0.4, -0.2) is 239 Å². The number of likely N-dealkylation sites (N-methyl/N-ethyl adjacent to an activating group) is 6. The summed E-state index contributed by atoms with van der Waals surface area (Å²) in [4.78, 5) is 174. The van der Waals surface area contributed by atoms with Crippen LogP contribution in [0.1, 0.15) is 167 Å². The quantitative estimate of drug-likeness (QED) is 0.184. The van der Waals surface area contributed by atoms with E-state index in [-0.39, 0.29) is 81.2 Å². The number of carbonyl (C=O) groups is 11. The van der Waals surface area contributed by atoms with Crippen LogP contribution in [0, 0.1) is 29.4 Å². The average molecular weight is 1480 g/mol. The Bertz CT molecular complexity index is 3440. The Morgan fingerprint density at radius 1 is 0.625 bits per heavy atom. The number of carbonyl (C=O) groups excluding carboxylic acids is 11. The summed E-state index contributed by atoms with van der Waals surface area (Å²) in [5, 5.41) is 8.41. The molecule has 3 saturated heterocycles. The minimum atomic E-state index is -5.44. The lowest BCUT2D eigenvalue weighted by Gasteiger charge is -2.45. The second-order valence-electron chi connectivity index (χ2n) is 29.5. The van der Waals surface area contributed by atoms with Gasteiger partial charge in [-0.3, -0.25) is 52.7 Å². The average Bonchev–Trinajstić information content (AvgIpc) is 1.53. The van der Waals surface area contributed by atoms with E-state index in [9.17, 15) is 59.9 Å². The van der Waals surface area contributed by atoms with Crippen molar-refractivity contribution in [3.8, 4) is 0 Å². The van der Waals surface area contributed by atoms with Crippen LogP contribution in [0.5, 0.6) is 0 Å². The number of halogens is 8. The summed E-state index contributed by atoms with van der Waals surface area (Å²) in [5.41, 5.74) is -5.13. The molecule has 3 aliphatic heterocycles. The Hall–Kier alpha value is -7.99. The molecule has 2 aromatic carbocycles. The summed E-state index contributed by atoms with van der Waals surface area (Å²) in [7, 11) is 8.18. The largest absolute Gasteiger partial charge is 0.422 e. The fourth-order valence-corrected chi connectivity index (χ4v) is 15.0. The van der Waals surface area contributed by atoms with Gasteiger partial charge in [0.2, 0.25) is 65.0 Å². The van der Waals surface area contributed by atoms with Crippen LogP contribution in [0.3, 0.4) is 0 Å². The molecule has 0 unspecified atom stereocenters. The second kappa shape index (κ2) is 34.9. The molecule has 11 atom stereocenters. The molecule has 578 valence electrons. The minimum Gasteiger partial charge on any atom is -0.377 e. The lowest BCUT2D eigenvalue weighted by molar-refractivity contribution is -0.160. The Kier molecular flexibility index (Phi) is 28.0. The summed E-state index contributed by atoms with van der Waals surface area (Å²) < 4.78 is 119. The molecule has 3 N–H and O–H groups in total. The molecule has 0 aromatic heterocycles. The van der Waals surface area contributed by atoms with E-state index >= 15 is 28.0 Å². The van der Waals surface area contributed by atoms with Crippen LogP contribution in [0.15, 0.2) is 36.4 Å². The highest BCUT2D eigenvalue weighted by Crippen LogP contribution is 2.39. The van der Waals surface area contributed by atoms with E-state index in [1.807, 2.05) is 13.8 Å². The van der Waals surface area contributed by atoms with E-state index in [0.29, 0.717) is 44.2 Å². The Labute approximate surface area is 603 Å². The summed E-state index contributed by atoms with van der Waals surface area (Å²) in [6.45, 7) is 10.8. The normalized spacial score (nSPS) is 27.2. The molecule has 31 heteroatoms. The molecule has 2 aromatic rings. The lowest BCUT2D eigenvalue weighted by Crippen LogP contribution is -2.65. The maximum Gasteiger partial charge on any atom is 0.422 e. The maximum absolute atomic E-state index is 15.6. The number of nitrogens with zero attached hydrogens (tertiary/aromatic N) is 8.